The molecule has 0 saturated heterocycles. The molecule has 0 atom stereocenters. The van der Waals surface area contributed by atoms with Crippen LogP contribution in [0.3, 0.4) is 0 Å². The lowest BCUT2D eigenvalue weighted by Crippen LogP contribution is -2.49. The summed E-state index contributed by atoms with van der Waals surface area (Å²) in [7, 11) is 1.73. The third-order valence-corrected chi connectivity index (χ3v) is 8.39. The van der Waals surface area contributed by atoms with Gasteiger partial charge in [0.05, 0.1) is 11.2 Å². The van der Waals surface area contributed by atoms with E-state index >= 15 is 0 Å². The number of rotatable bonds is 6. The fourth-order valence-corrected chi connectivity index (χ4v) is 5.25. The number of furan rings is 2. The smallest absolute Gasteiger partial charge is 0.331 e. The maximum absolute atomic E-state index is 10.5. The lowest BCUT2D eigenvalue weighted by Gasteiger charge is -2.37. The largest absolute Gasteiger partial charge is 0.456 e. The van der Waals surface area contributed by atoms with Crippen LogP contribution >= 0.6 is 0 Å². The van der Waals surface area contributed by atoms with Gasteiger partial charge in [0, 0.05) is 21.5 Å². The molecule has 2 aromatic heterocycles. The second-order valence-electron chi connectivity index (χ2n) is 11.7. The van der Waals surface area contributed by atoms with Gasteiger partial charge in [0.15, 0.2) is 0 Å². The summed E-state index contributed by atoms with van der Waals surface area (Å²) in [5.41, 5.74) is 6.94. The van der Waals surface area contributed by atoms with E-state index in [2.05, 4.69) is 72.8 Å². The molecule has 0 aliphatic carbocycles. The van der Waals surface area contributed by atoms with Crippen LogP contribution in [0.5, 0.6) is 0 Å². The predicted octanol–water partition coefficient (Wildman–Crippen LogP) is 8.63. The zero-order valence-corrected chi connectivity index (χ0v) is 23.6. The first-order valence-electron chi connectivity index (χ1n) is 13.9. The minimum Gasteiger partial charge on any atom is -0.456 e. The third kappa shape index (κ3) is 4.42. The van der Waals surface area contributed by atoms with E-state index in [0.717, 1.165) is 60.5 Å². The summed E-state index contributed by atoms with van der Waals surface area (Å²) in [4.78, 5) is 0. The van der Waals surface area contributed by atoms with Crippen LogP contribution < -0.4 is 5.46 Å². The van der Waals surface area contributed by atoms with Crippen LogP contribution in [-0.2, 0) is 4.65 Å². The highest BCUT2D eigenvalue weighted by Gasteiger charge is 2.36. The van der Waals surface area contributed by atoms with E-state index in [4.69, 9.17) is 13.5 Å². The van der Waals surface area contributed by atoms with Crippen molar-refractivity contribution in [3.05, 3.63) is 103 Å². The SMILES string of the molecule is CC(C)(O)C(C)(C)O[B]c1cccc2oc3ccc(-c4ccc5c(c4)oc4ccc(-c6ccccc6)cc45)cc3c12. The average molecular weight is 537 g/mol. The highest BCUT2D eigenvalue weighted by atomic mass is 16.5. The molecular formula is C36H30BO4. The van der Waals surface area contributed by atoms with Crippen molar-refractivity contribution < 1.29 is 18.6 Å². The second kappa shape index (κ2) is 9.37. The highest BCUT2D eigenvalue weighted by Crippen LogP contribution is 2.37. The van der Waals surface area contributed by atoms with E-state index in [0.29, 0.717) is 0 Å². The summed E-state index contributed by atoms with van der Waals surface area (Å²) in [6.45, 7) is 7.27. The van der Waals surface area contributed by atoms with Gasteiger partial charge in [-0.15, -0.1) is 0 Å². The molecule has 201 valence electrons. The zero-order chi connectivity index (χ0) is 28.4. The number of hydrogen-bond acceptors (Lipinski definition) is 4. The molecule has 4 nitrogen and oxygen atoms in total. The number of aliphatic hydroxyl groups is 1. The lowest BCUT2D eigenvalue weighted by molar-refractivity contribution is -0.0893. The van der Waals surface area contributed by atoms with Gasteiger partial charge in [-0.3, -0.25) is 0 Å². The summed E-state index contributed by atoms with van der Waals surface area (Å²) in [5, 5.41) is 14.7. The van der Waals surface area contributed by atoms with Gasteiger partial charge in [0.1, 0.15) is 22.3 Å². The Balaban J connectivity index is 1.29. The fourth-order valence-electron chi connectivity index (χ4n) is 5.25. The summed E-state index contributed by atoms with van der Waals surface area (Å²) in [6, 6.07) is 35.4. The van der Waals surface area contributed by atoms with Gasteiger partial charge in [-0.05, 0) is 97.9 Å². The van der Waals surface area contributed by atoms with Gasteiger partial charge in [-0.2, -0.15) is 0 Å². The Morgan fingerprint density at radius 2 is 1.20 bits per heavy atom. The minimum absolute atomic E-state index is 0.774. The van der Waals surface area contributed by atoms with E-state index in [1.807, 2.05) is 44.2 Å². The van der Waals surface area contributed by atoms with Crippen molar-refractivity contribution in [3.8, 4) is 22.3 Å². The molecule has 41 heavy (non-hydrogen) atoms. The van der Waals surface area contributed by atoms with E-state index in [9.17, 15) is 5.11 Å². The summed E-state index contributed by atoms with van der Waals surface area (Å²) < 4.78 is 18.6. The Morgan fingerprint density at radius 1 is 0.561 bits per heavy atom. The van der Waals surface area contributed by atoms with Gasteiger partial charge in [-0.25, -0.2) is 0 Å². The molecule has 0 spiro atoms. The molecule has 0 bridgehead atoms. The molecule has 5 heteroatoms. The van der Waals surface area contributed by atoms with E-state index in [1.165, 1.54) is 11.1 Å². The maximum Gasteiger partial charge on any atom is 0.331 e. The summed E-state index contributed by atoms with van der Waals surface area (Å²) in [6.07, 6.45) is 0. The molecule has 0 saturated carbocycles. The number of hydrogen-bond donors (Lipinski definition) is 1. The Labute approximate surface area is 239 Å². The zero-order valence-electron chi connectivity index (χ0n) is 23.6. The van der Waals surface area contributed by atoms with Crippen LogP contribution in [0.25, 0.3) is 66.1 Å². The van der Waals surface area contributed by atoms with Crippen molar-refractivity contribution in [1.82, 2.24) is 0 Å². The molecule has 0 aliphatic rings. The van der Waals surface area contributed by atoms with E-state index < -0.39 is 11.2 Å². The van der Waals surface area contributed by atoms with Crippen LogP contribution in [0.1, 0.15) is 27.7 Å². The van der Waals surface area contributed by atoms with Gasteiger partial charge in [0.2, 0.25) is 0 Å². The van der Waals surface area contributed by atoms with Gasteiger partial charge < -0.3 is 18.6 Å². The average Bonchev–Trinajstić information content (AvgIpc) is 3.53. The number of benzene rings is 5. The van der Waals surface area contributed by atoms with E-state index in [1.54, 1.807) is 21.3 Å². The molecule has 7 rings (SSSR count). The molecule has 0 amide bonds. The standard InChI is InChI=1S/C36H30BO4/c1-35(2,38)36(3,4)41-37-29-11-8-12-32-34(29)28-20-24(15-18-31(28)39-32)25-13-16-26-27-19-23(22-9-6-5-7-10-22)14-17-30(27)40-33(26)21-25/h5-21,38H,1-4H3. The normalized spacial score (nSPS) is 12.6. The molecule has 0 unspecified atom stereocenters. The summed E-state index contributed by atoms with van der Waals surface area (Å²) in [5.74, 6) is 0. The van der Waals surface area contributed by atoms with Crippen LogP contribution in [0.15, 0.2) is 112 Å². The van der Waals surface area contributed by atoms with Gasteiger partial charge in [0.25, 0.3) is 0 Å². The first-order chi connectivity index (χ1) is 19.7. The molecule has 1 N–H and O–H groups in total. The Hall–Kier alpha value is -4.32. The van der Waals surface area contributed by atoms with Gasteiger partial charge in [-0.1, -0.05) is 60.7 Å². The van der Waals surface area contributed by atoms with Crippen molar-refractivity contribution >= 4 is 56.8 Å². The second-order valence-corrected chi connectivity index (χ2v) is 11.7. The molecule has 1 radical (unpaired) electrons. The Morgan fingerprint density at radius 3 is 1.95 bits per heavy atom. The fraction of sp³-hybridized carbons (Fsp3) is 0.167. The Kier molecular flexibility index (Phi) is 5.86. The quantitative estimate of drug-likeness (QED) is 0.216. The first-order valence-corrected chi connectivity index (χ1v) is 13.9. The van der Waals surface area contributed by atoms with Crippen LogP contribution in [0.2, 0.25) is 0 Å². The molecular weight excluding hydrogens is 507 g/mol. The Bertz CT molecular complexity index is 2060. The topological polar surface area (TPSA) is 55.7 Å². The van der Waals surface area contributed by atoms with Gasteiger partial charge >= 0.3 is 7.48 Å². The van der Waals surface area contributed by atoms with Crippen LogP contribution in [0, 0.1) is 0 Å². The first kappa shape index (κ1) is 25.6. The van der Waals surface area contributed by atoms with Crippen LogP contribution in [-0.4, -0.2) is 23.8 Å². The van der Waals surface area contributed by atoms with Crippen LogP contribution in [0.4, 0.5) is 0 Å². The van der Waals surface area contributed by atoms with Crippen molar-refractivity contribution in [2.24, 2.45) is 0 Å². The highest BCUT2D eigenvalue weighted by molar-refractivity contribution is 6.52. The van der Waals surface area contributed by atoms with Crippen molar-refractivity contribution in [1.29, 1.82) is 0 Å². The molecule has 7 aromatic rings. The molecule has 5 aromatic carbocycles. The van der Waals surface area contributed by atoms with Crippen molar-refractivity contribution in [3.63, 3.8) is 0 Å². The van der Waals surface area contributed by atoms with E-state index in [-0.39, 0.29) is 0 Å². The minimum atomic E-state index is -1.01. The molecule has 0 fully saturated rings. The maximum atomic E-state index is 10.5. The monoisotopic (exact) mass is 537 g/mol. The molecule has 2 heterocycles. The van der Waals surface area contributed by atoms with Crippen molar-refractivity contribution in [2.45, 2.75) is 38.9 Å². The lowest BCUT2D eigenvalue weighted by atomic mass is 9.80. The molecule has 0 aliphatic heterocycles. The third-order valence-electron chi connectivity index (χ3n) is 8.39. The predicted molar refractivity (Wildman–Crippen MR) is 169 cm³/mol. The van der Waals surface area contributed by atoms with Crippen molar-refractivity contribution in [2.75, 3.05) is 0 Å². The summed E-state index contributed by atoms with van der Waals surface area (Å²) >= 11 is 0. The number of fused-ring (bicyclic) bond motifs is 6.